The number of benzene rings is 2. The van der Waals surface area contributed by atoms with Crippen molar-refractivity contribution in [2.45, 2.75) is 32.3 Å². The molecule has 0 saturated carbocycles. The molecule has 1 unspecified atom stereocenters. The highest BCUT2D eigenvalue weighted by atomic mass is 16.3. The van der Waals surface area contributed by atoms with Gasteiger partial charge in [0.05, 0.1) is 6.10 Å². The van der Waals surface area contributed by atoms with E-state index >= 15 is 0 Å². The molecule has 138 valence electrons. The highest BCUT2D eigenvalue weighted by Crippen LogP contribution is 2.24. The van der Waals surface area contributed by atoms with Crippen molar-refractivity contribution in [1.29, 1.82) is 0 Å². The van der Waals surface area contributed by atoms with Crippen LogP contribution in [0, 0.1) is 0 Å². The summed E-state index contributed by atoms with van der Waals surface area (Å²) in [6.07, 6.45) is 3.35. The number of piperidine rings is 1. The minimum Gasteiger partial charge on any atom is -0.389 e. The largest absolute Gasteiger partial charge is 0.389 e. The fourth-order valence-electron chi connectivity index (χ4n) is 3.43. The van der Waals surface area contributed by atoms with E-state index in [1.807, 2.05) is 48.5 Å². The predicted octanol–water partition coefficient (Wildman–Crippen LogP) is 3.62. The molecule has 0 aromatic heterocycles. The maximum atomic E-state index is 12.5. The lowest BCUT2D eigenvalue weighted by molar-refractivity contribution is 0.0946. The highest BCUT2D eigenvalue weighted by Gasteiger charge is 2.11. The highest BCUT2D eigenvalue weighted by molar-refractivity contribution is 5.95. The molecule has 0 radical (unpaired) electrons. The zero-order chi connectivity index (χ0) is 18.4. The van der Waals surface area contributed by atoms with Gasteiger partial charge in [0.1, 0.15) is 0 Å². The number of carbonyl (C=O) groups excluding carboxylic acids is 1. The van der Waals surface area contributed by atoms with Gasteiger partial charge in [-0.1, -0.05) is 36.8 Å². The Morgan fingerprint density at radius 3 is 2.50 bits per heavy atom. The quantitative estimate of drug-likeness (QED) is 0.835. The van der Waals surface area contributed by atoms with Gasteiger partial charge < -0.3 is 15.3 Å². The lowest BCUT2D eigenvalue weighted by atomic mass is 9.99. The van der Waals surface area contributed by atoms with Gasteiger partial charge in [-0.3, -0.25) is 4.79 Å². The third-order valence-corrected chi connectivity index (χ3v) is 4.99. The van der Waals surface area contributed by atoms with E-state index in [1.165, 1.54) is 19.3 Å². The first kappa shape index (κ1) is 18.6. The standard InChI is InChI=1S/C22H28N2O2/c1-17(25)18-7-5-8-19(15-18)20-9-6-10-21(16-20)22(26)23-11-14-24-12-3-2-4-13-24/h5-10,15-17,25H,2-4,11-14H2,1H3,(H,23,26). The normalized spacial score (nSPS) is 16.2. The van der Waals surface area contributed by atoms with Crippen LogP contribution in [0.1, 0.15) is 48.2 Å². The van der Waals surface area contributed by atoms with Gasteiger partial charge in [-0.25, -0.2) is 0 Å². The van der Waals surface area contributed by atoms with E-state index in [0.29, 0.717) is 12.1 Å². The van der Waals surface area contributed by atoms with E-state index in [1.54, 1.807) is 6.92 Å². The predicted molar refractivity (Wildman–Crippen MR) is 105 cm³/mol. The molecule has 0 bridgehead atoms. The summed E-state index contributed by atoms with van der Waals surface area (Å²) >= 11 is 0. The molecule has 0 aliphatic carbocycles. The Morgan fingerprint density at radius 1 is 1.08 bits per heavy atom. The molecule has 2 aromatic rings. The number of rotatable bonds is 6. The fraction of sp³-hybridized carbons (Fsp3) is 0.409. The van der Waals surface area contributed by atoms with Gasteiger partial charge in [-0.05, 0) is 67.7 Å². The van der Waals surface area contributed by atoms with Crippen LogP contribution in [0.4, 0.5) is 0 Å². The Bertz CT molecular complexity index is 736. The summed E-state index contributed by atoms with van der Waals surface area (Å²) in [7, 11) is 0. The molecule has 1 amide bonds. The van der Waals surface area contributed by atoms with Crippen LogP contribution in [0.25, 0.3) is 11.1 Å². The van der Waals surface area contributed by atoms with Crippen LogP contribution in [0.2, 0.25) is 0 Å². The molecule has 1 aliphatic heterocycles. The molecule has 1 aliphatic rings. The average Bonchev–Trinajstić information content (AvgIpc) is 2.69. The Hall–Kier alpha value is -2.17. The summed E-state index contributed by atoms with van der Waals surface area (Å²) in [6, 6.07) is 15.5. The van der Waals surface area contributed by atoms with Crippen molar-refractivity contribution in [3.63, 3.8) is 0 Å². The van der Waals surface area contributed by atoms with Crippen LogP contribution in [-0.2, 0) is 0 Å². The third kappa shape index (κ3) is 4.93. The van der Waals surface area contributed by atoms with Crippen molar-refractivity contribution in [2.75, 3.05) is 26.2 Å². The molecule has 4 nitrogen and oxygen atoms in total. The zero-order valence-corrected chi connectivity index (χ0v) is 15.4. The number of aliphatic hydroxyl groups excluding tert-OH is 1. The number of likely N-dealkylation sites (tertiary alicyclic amines) is 1. The van der Waals surface area contributed by atoms with E-state index in [0.717, 1.165) is 36.3 Å². The molecule has 1 heterocycles. The topological polar surface area (TPSA) is 52.6 Å². The number of carbonyl (C=O) groups is 1. The van der Waals surface area contributed by atoms with Crippen LogP contribution in [-0.4, -0.2) is 42.1 Å². The second-order valence-electron chi connectivity index (χ2n) is 7.04. The maximum Gasteiger partial charge on any atom is 0.251 e. The third-order valence-electron chi connectivity index (χ3n) is 4.99. The van der Waals surface area contributed by atoms with Crippen molar-refractivity contribution < 1.29 is 9.90 Å². The maximum absolute atomic E-state index is 12.5. The molecular weight excluding hydrogens is 324 g/mol. The second kappa shape index (κ2) is 8.97. The Balaban J connectivity index is 1.63. The first-order valence-corrected chi connectivity index (χ1v) is 9.52. The van der Waals surface area contributed by atoms with Crippen LogP contribution in [0.3, 0.4) is 0 Å². The summed E-state index contributed by atoms with van der Waals surface area (Å²) in [5, 5.41) is 12.8. The molecule has 1 fully saturated rings. The Morgan fingerprint density at radius 2 is 1.77 bits per heavy atom. The molecule has 1 saturated heterocycles. The zero-order valence-electron chi connectivity index (χ0n) is 15.4. The SMILES string of the molecule is CC(O)c1cccc(-c2cccc(C(=O)NCCN3CCCCC3)c2)c1. The van der Waals surface area contributed by atoms with Crippen molar-refractivity contribution in [3.05, 3.63) is 59.7 Å². The number of nitrogens with one attached hydrogen (secondary N) is 1. The Labute approximate surface area is 155 Å². The number of hydrogen-bond acceptors (Lipinski definition) is 3. The van der Waals surface area contributed by atoms with Crippen molar-refractivity contribution >= 4 is 5.91 Å². The van der Waals surface area contributed by atoms with Gasteiger partial charge >= 0.3 is 0 Å². The lowest BCUT2D eigenvalue weighted by Gasteiger charge is -2.26. The van der Waals surface area contributed by atoms with Gasteiger partial charge in [0, 0.05) is 18.7 Å². The molecular formula is C22H28N2O2. The van der Waals surface area contributed by atoms with E-state index < -0.39 is 6.10 Å². The van der Waals surface area contributed by atoms with Crippen LogP contribution in [0.15, 0.2) is 48.5 Å². The summed E-state index contributed by atoms with van der Waals surface area (Å²) in [6.45, 7) is 5.64. The molecule has 3 rings (SSSR count). The number of aliphatic hydroxyl groups is 1. The minimum absolute atomic E-state index is 0.0319. The van der Waals surface area contributed by atoms with Crippen LogP contribution < -0.4 is 5.32 Å². The summed E-state index contributed by atoms with van der Waals surface area (Å²) in [5.74, 6) is -0.0319. The number of hydrogen-bond donors (Lipinski definition) is 2. The lowest BCUT2D eigenvalue weighted by Crippen LogP contribution is -2.37. The molecule has 2 N–H and O–H groups in total. The van der Waals surface area contributed by atoms with Crippen LogP contribution in [0.5, 0.6) is 0 Å². The Kier molecular flexibility index (Phi) is 6.42. The van der Waals surface area contributed by atoms with Gasteiger partial charge in [0.25, 0.3) is 5.91 Å². The fourth-order valence-corrected chi connectivity index (χ4v) is 3.43. The molecule has 1 atom stereocenters. The first-order valence-electron chi connectivity index (χ1n) is 9.52. The number of amides is 1. The average molecular weight is 352 g/mol. The monoisotopic (exact) mass is 352 g/mol. The van der Waals surface area contributed by atoms with E-state index in [9.17, 15) is 9.90 Å². The van der Waals surface area contributed by atoms with Crippen LogP contribution >= 0.6 is 0 Å². The van der Waals surface area contributed by atoms with Crippen molar-refractivity contribution in [2.24, 2.45) is 0 Å². The van der Waals surface area contributed by atoms with E-state index in [4.69, 9.17) is 0 Å². The molecule has 2 aromatic carbocycles. The first-order chi connectivity index (χ1) is 12.6. The summed E-state index contributed by atoms with van der Waals surface area (Å²) in [5.41, 5.74) is 3.53. The summed E-state index contributed by atoms with van der Waals surface area (Å²) < 4.78 is 0. The second-order valence-corrected chi connectivity index (χ2v) is 7.04. The summed E-state index contributed by atoms with van der Waals surface area (Å²) in [4.78, 5) is 14.9. The number of nitrogens with zero attached hydrogens (tertiary/aromatic N) is 1. The molecule has 4 heteroatoms. The smallest absolute Gasteiger partial charge is 0.251 e. The van der Waals surface area contributed by atoms with Gasteiger partial charge in [-0.2, -0.15) is 0 Å². The molecule has 0 spiro atoms. The molecule has 26 heavy (non-hydrogen) atoms. The van der Waals surface area contributed by atoms with Gasteiger partial charge in [0.15, 0.2) is 0 Å². The minimum atomic E-state index is -0.504. The van der Waals surface area contributed by atoms with E-state index in [-0.39, 0.29) is 5.91 Å². The van der Waals surface area contributed by atoms with Crippen molar-refractivity contribution in [1.82, 2.24) is 10.2 Å². The van der Waals surface area contributed by atoms with Gasteiger partial charge in [-0.15, -0.1) is 0 Å². The van der Waals surface area contributed by atoms with Gasteiger partial charge in [0.2, 0.25) is 0 Å². The van der Waals surface area contributed by atoms with E-state index in [2.05, 4.69) is 10.2 Å². The van der Waals surface area contributed by atoms with Crippen molar-refractivity contribution in [3.8, 4) is 11.1 Å².